The van der Waals surface area contributed by atoms with Crippen molar-refractivity contribution in [3.8, 4) is 0 Å². The van der Waals surface area contributed by atoms with Crippen molar-refractivity contribution < 1.29 is 9.53 Å². The highest BCUT2D eigenvalue weighted by molar-refractivity contribution is 9.10. The van der Waals surface area contributed by atoms with Gasteiger partial charge in [0.25, 0.3) is 5.56 Å². The Morgan fingerprint density at radius 1 is 1.64 bits per heavy atom. The van der Waals surface area contributed by atoms with E-state index in [2.05, 4.69) is 25.7 Å². The lowest BCUT2D eigenvalue weighted by Gasteiger charge is -1.93. The number of aromatic nitrogens is 1. The Morgan fingerprint density at radius 3 is 3.00 bits per heavy atom. The number of carbonyl (C=O) groups is 1. The normalized spacial score (nSPS) is 10.4. The molecule has 0 spiro atoms. The van der Waals surface area contributed by atoms with Gasteiger partial charge in [0.05, 0.1) is 7.11 Å². The fourth-order valence-electron chi connectivity index (χ4n) is 0.823. The summed E-state index contributed by atoms with van der Waals surface area (Å²) in [6.07, 6.45) is 4.12. The molecule has 0 atom stereocenters. The van der Waals surface area contributed by atoms with Crippen LogP contribution in [0.1, 0.15) is 5.56 Å². The molecule has 0 aromatic carbocycles. The SMILES string of the molecule is COC(=O)C=Cc1cc(Br)c[nH]c1=O. The quantitative estimate of drug-likeness (QED) is 0.643. The van der Waals surface area contributed by atoms with Crippen LogP contribution in [0.3, 0.4) is 0 Å². The van der Waals surface area contributed by atoms with Gasteiger partial charge in [0.15, 0.2) is 0 Å². The van der Waals surface area contributed by atoms with Gasteiger partial charge in [0, 0.05) is 22.3 Å². The Balaban J connectivity index is 2.97. The third-order valence-corrected chi connectivity index (χ3v) is 1.95. The highest BCUT2D eigenvalue weighted by Crippen LogP contribution is 2.07. The average molecular weight is 258 g/mol. The number of esters is 1. The summed E-state index contributed by atoms with van der Waals surface area (Å²) in [5.74, 6) is -0.496. The predicted molar refractivity (Wildman–Crippen MR) is 55.8 cm³/mol. The van der Waals surface area contributed by atoms with E-state index < -0.39 is 5.97 Å². The van der Waals surface area contributed by atoms with Crippen molar-refractivity contribution in [3.05, 3.63) is 38.7 Å². The van der Waals surface area contributed by atoms with Gasteiger partial charge < -0.3 is 9.72 Å². The van der Waals surface area contributed by atoms with Crippen LogP contribution in [-0.4, -0.2) is 18.1 Å². The van der Waals surface area contributed by atoms with Crippen LogP contribution in [0, 0.1) is 0 Å². The summed E-state index contributed by atoms with van der Waals surface area (Å²) in [4.78, 5) is 24.4. The molecule has 0 radical (unpaired) electrons. The first-order valence-electron chi connectivity index (χ1n) is 3.77. The molecule has 74 valence electrons. The van der Waals surface area contributed by atoms with Gasteiger partial charge in [-0.3, -0.25) is 4.79 Å². The molecule has 0 aliphatic carbocycles. The standard InChI is InChI=1S/C9H8BrNO3/c1-14-8(12)3-2-6-4-7(10)5-11-9(6)13/h2-5H,1H3,(H,11,13). The lowest BCUT2D eigenvalue weighted by atomic mass is 10.2. The first kappa shape index (κ1) is 10.7. The molecular weight excluding hydrogens is 250 g/mol. The highest BCUT2D eigenvalue weighted by atomic mass is 79.9. The largest absolute Gasteiger partial charge is 0.466 e. The van der Waals surface area contributed by atoms with Gasteiger partial charge >= 0.3 is 5.97 Å². The Hall–Kier alpha value is -1.36. The van der Waals surface area contributed by atoms with Crippen molar-refractivity contribution in [2.24, 2.45) is 0 Å². The minimum Gasteiger partial charge on any atom is -0.466 e. The zero-order valence-electron chi connectivity index (χ0n) is 7.41. The number of hydrogen-bond acceptors (Lipinski definition) is 3. The maximum Gasteiger partial charge on any atom is 0.330 e. The molecule has 1 N–H and O–H groups in total. The average Bonchev–Trinajstić information content (AvgIpc) is 2.19. The summed E-state index contributed by atoms with van der Waals surface area (Å²) in [7, 11) is 1.28. The third-order valence-electron chi connectivity index (χ3n) is 1.50. The van der Waals surface area contributed by atoms with Crippen LogP contribution in [-0.2, 0) is 9.53 Å². The second kappa shape index (κ2) is 4.76. The van der Waals surface area contributed by atoms with Gasteiger partial charge in [-0.15, -0.1) is 0 Å². The smallest absolute Gasteiger partial charge is 0.330 e. The van der Waals surface area contributed by atoms with Gasteiger partial charge in [-0.25, -0.2) is 4.79 Å². The van der Waals surface area contributed by atoms with E-state index >= 15 is 0 Å². The lowest BCUT2D eigenvalue weighted by Crippen LogP contribution is -2.08. The van der Waals surface area contributed by atoms with Crippen molar-refractivity contribution in [1.29, 1.82) is 0 Å². The summed E-state index contributed by atoms with van der Waals surface area (Å²) < 4.78 is 5.13. The van der Waals surface area contributed by atoms with Crippen molar-refractivity contribution in [1.82, 2.24) is 4.98 Å². The summed E-state index contributed by atoms with van der Waals surface area (Å²) in [6.45, 7) is 0. The fourth-order valence-corrected chi connectivity index (χ4v) is 1.18. The molecule has 0 aliphatic rings. The molecule has 0 bridgehead atoms. The maximum absolute atomic E-state index is 11.2. The van der Waals surface area contributed by atoms with Crippen LogP contribution in [0.25, 0.3) is 6.08 Å². The summed E-state index contributed by atoms with van der Waals surface area (Å²) in [6, 6.07) is 1.61. The van der Waals surface area contributed by atoms with E-state index in [4.69, 9.17) is 0 Å². The number of pyridine rings is 1. The molecule has 1 aromatic rings. The number of aromatic amines is 1. The summed E-state index contributed by atoms with van der Waals surface area (Å²) in [5, 5.41) is 0. The van der Waals surface area contributed by atoms with E-state index in [1.807, 2.05) is 0 Å². The monoisotopic (exact) mass is 257 g/mol. The Kier molecular flexibility index (Phi) is 3.64. The molecule has 0 fully saturated rings. The van der Waals surface area contributed by atoms with Gasteiger partial charge in [-0.05, 0) is 28.1 Å². The predicted octanol–water partition coefficient (Wildman–Crippen LogP) is 1.32. The van der Waals surface area contributed by atoms with Crippen molar-refractivity contribution >= 4 is 28.0 Å². The van der Waals surface area contributed by atoms with Crippen LogP contribution < -0.4 is 5.56 Å². The first-order valence-corrected chi connectivity index (χ1v) is 4.57. The van der Waals surface area contributed by atoms with E-state index in [0.29, 0.717) is 5.56 Å². The molecule has 0 saturated carbocycles. The minimum atomic E-state index is -0.496. The topological polar surface area (TPSA) is 59.2 Å². The molecule has 5 heteroatoms. The minimum absolute atomic E-state index is 0.256. The molecule has 14 heavy (non-hydrogen) atoms. The van der Waals surface area contributed by atoms with E-state index in [0.717, 1.165) is 4.47 Å². The van der Waals surface area contributed by atoms with E-state index in [1.54, 1.807) is 6.07 Å². The molecule has 0 amide bonds. The molecule has 1 rings (SSSR count). The molecule has 0 unspecified atom stereocenters. The maximum atomic E-state index is 11.2. The van der Waals surface area contributed by atoms with Crippen LogP contribution in [0.15, 0.2) is 27.6 Å². The molecule has 4 nitrogen and oxygen atoms in total. The van der Waals surface area contributed by atoms with Crippen molar-refractivity contribution in [2.75, 3.05) is 7.11 Å². The number of nitrogens with one attached hydrogen (secondary N) is 1. The summed E-state index contributed by atoms with van der Waals surface area (Å²) in [5.41, 5.74) is 0.137. The molecule has 1 aromatic heterocycles. The number of rotatable bonds is 2. The fraction of sp³-hybridized carbons (Fsp3) is 0.111. The number of methoxy groups -OCH3 is 1. The van der Waals surface area contributed by atoms with Crippen molar-refractivity contribution in [3.63, 3.8) is 0 Å². The summed E-state index contributed by atoms with van der Waals surface area (Å²) >= 11 is 3.20. The number of carbonyl (C=O) groups excluding carboxylic acids is 1. The molecular formula is C9H8BrNO3. The van der Waals surface area contributed by atoms with E-state index in [-0.39, 0.29) is 5.56 Å². The lowest BCUT2D eigenvalue weighted by molar-refractivity contribution is -0.134. The number of ether oxygens (including phenoxy) is 1. The number of hydrogen-bond donors (Lipinski definition) is 1. The van der Waals surface area contributed by atoms with Gasteiger partial charge in [0.2, 0.25) is 0 Å². The Bertz CT molecular complexity index is 422. The third kappa shape index (κ3) is 2.85. The highest BCUT2D eigenvalue weighted by Gasteiger charge is 1.97. The Morgan fingerprint density at radius 2 is 2.36 bits per heavy atom. The molecule has 1 heterocycles. The molecule has 0 aliphatic heterocycles. The number of H-pyrrole nitrogens is 1. The van der Waals surface area contributed by atoms with Crippen LogP contribution in [0.2, 0.25) is 0 Å². The van der Waals surface area contributed by atoms with Gasteiger partial charge in [-0.2, -0.15) is 0 Å². The zero-order chi connectivity index (χ0) is 10.6. The van der Waals surface area contributed by atoms with Crippen LogP contribution in [0.4, 0.5) is 0 Å². The van der Waals surface area contributed by atoms with Crippen LogP contribution >= 0.6 is 15.9 Å². The Labute approximate surface area is 88.7 Å². The number of halogens is 1. The van der Waals surface area contributed by atoms with Gasteiger partial charge in [-0.1, -0.05) is 0 Å². The molecule has 0 saturated heterocycles. The van der Waals surface area contributed by atoms with Gasteiger partial charge in [0.1, 0.15) is 0 Å². The van der Waals surface area contributed by atoms with E-state index in [9.17, 15) is 9.59 Å². The van der Waals surface area contributed by atoms with Crippen LogP contribution in [0.5, 0.6) is 0 Å². The van der Waals surface area contributed by atoms with E-state index in [1.165, 1.54) is 25.5 Å². The second-order valence-electron chi connectivity index (χ2n) is 2.46. The second-order valence-corrected chi connectivity index (χ2v) is 3.37. The van der Waals surface area contributed by atoms with Crippen molar-refractivity contribution in [2.45, 2.75) is 0 Å². The first-order chi connectivity index (χ1) is 6.63. The zero-order valence-corrected chi connectivity index (χ0v) is 9.00.